The maximum Gasteiger partial charge on any atom is 0.0490 e. The zero-order valence-electron chi connectivity index (χ0n) is 18.0. The average Bonchev–Trinajstić information content (AvgIpc) is 2.66. The second kappa shape index (κ2) is 9.11. The number of nitrogens with zero attached hydrogens (tertiary/aromatic N) is 3. The number of methoxy groups -OCH3 is 1. The number of likely N-dealkylation sites (tertiary alicyclic amines) is 3. The van der Waals surface area contributed by atoms with Crippen LogP contribution in [0.3, 0.4) is 0 Å². The largest absolute Gasteiger partial charge is 0.384 e. The third-order valence-corrected chi connectivity index (χ3v) is 8.24. The molecule has 4 heteroatoms. The molecular weight excluding hydrogens is 334 g/mol. The topological polar surface area (TPSA) is 19.0 Å². The molecule has 0 atom stereocenters. The molecule has 0 aromatic carbocycles. The fourth-order valence-electron chi connectivity index (χ4n) is 6.52. The maximum atomic E-state index is 5.35. The van der Waals surface area contributed by atoms with Crippen LogP contribution in [0.15, 0.2) is 0 Å². The highest BCUT2D eigenvalue weighted by Crippen LogP contribution is 2.39. The van der Waals surface area contributed by atoms with Crippen molar-refractivity contribution in [2.24, 2.45) is 23.2 Å². The maximum absolute atomic E-state index is 5.35. The Balaban J connectivity index is 1.10. The Labute approximate surface area is 167 Å². The van der Waals surface area contributed by atoms with Crippen molar-refractivity contribution in [2.75, 3.05) is 73.1 Å². The summed E-state index contributed by atoms with van der Waals surface area (Å²) in [6.45, 7) is 11.9. The van der Waals surface area contributed by atoms with Gasteiger partial charge in [-0.2, -0.15) is 0 Å². The number of ether oxygens (including phenoxy) is 1. The molecule has 0 amide bonds. The minimum Gasteiger partial charge on any atom is -0.384 e. The first-order valence-corrected chi connectivity index (χ1v) is 11.8. The first kappa shape index (κ1) is 20.1. The predicted octanol–water partition coefficient (Wildman–Crippen LogP) is 3.18. The molecule has 0 radical (unpaired) electrons. The Morgan fingerprint density at radius 3 is 1.81 bits per heavy atom. The zero-order chi connectivity index (χ0) is 18.7. The van der Waals surface area contributed by atoms with Crippen molar-refractivity contribution in [2.45, 2.75) is 51.4 Å². The summed E-state index contributed by atoms with van der Waals surface area (Å²) in [7, 11) is 4.13. The van der Waals surface area contributed by atoms with Crippen molar-refractivity contribution >= 4 is 0 Å². The van der Waals surface area contributed by atoms with Crippen LogP contribution in [-0.2, 0) is 4.74 Å². The van der Waals surface area contributed by atoms with Gasteiger partial charge in [-0.3, -0.25) is 0 Å². The van der Waals surface area contributed by atoms with Crippen LogP contribution in [0.4, 0.5) is 0 Å². The van der Waals surface area contributed by atoms with Crippen LogP contribution in [0.25, 0.3) is 0 Å². The third-order valence-electron chi connectivity index (χ3n) is 8.24. The van der Waals surface area contributed by atoms with Crippen LogP contribution in [0, 0.1) is 23.2 Å². The molecular formula is C23H43N3O. The van der Waals surface area contributed by atoms with E-state index in [4.69, 9.17) is 4.74 Å². The van der Waals surface area contributed by atoms with Gasteiger partial charge in [-0.25, -0.2) is 0 Å². The van der Waals surface area contributed by atoms with E-state index < -0.39 is 0 Å². The summed E-state index contributed by atoms with van der Waals surface area (Å²) in [6, 6.07) is 0. The van der Waals surface area contributed by atoms with Crippen molar-refractivity contribution in [1.29, 1.82) is 0 Å². The number of hydrogen-bond donors (Lipinski definition) is 0. The van der Waals surface area contributed by atoms with Gasteiger partial charge in [0.05, 0.1) is 0 Å². The van der Waals surface area contributed by atoms with E-state index in [1.807, 2.05) is 7.11 Å². The fourth-order valence-corrected chi connectivity index (χ4v) is 6.52. The second-order valence-electron chi connectivity index (χ2n) is 10.6. The zero-order valence-corrected chi connectivity index (χ0v) is 18.0. The van der Waals surface area contributed by atoms with E-state index in [2.05, 4.69) is 21.7 Å². The van der Waals surface area contributed by atoms with Gasteiger partial charge >= 0.3 is 0 Å². The molecule has 0 bridgehead atoms. The number of hydrogen-bond acceptors (Lipinski definition) is 4. The van der Waals surface area contributed by atoms with Crippen LogP contribution in [0.5, 0.6) is 0 Å². The summed E-state index contributed by atoms with van der Waals surface area (Å²) < 4.78 is 5.35. The molecule has 0 aromatic heterocycles. The lowest BCUT2D eigenvalue weighted by Crippen LogP contribution is -2.59. The van der Waals surface area contributed by atoms with E-state index in [0.717, 1.165) is 24.4 Å². The molecule has 0 aromatic rings. The van der Waals surface area contributed by atoms with Crippen molar-refractivity contribution in [3.63, 3.8) is 0 Å². The Hall–Kier alpha value is -0.160. The smallest absolute Gasteiger partial charge is 0.0490 e. The van der Waals surface area contributed by atoms with Gasteiger partial charge in [0.2, 0.25) is 0 Å². The SMILES string of the molecule is COC[C@H]1CC[C@H](CN2CCC(CN3CCC4(CC3)CN(C)C4)CC2)CC1. The lowest BCUT2D eigenvalue weighted by Gasteiger charge is -2.53. The molecule has 3 heterocycles. The van der Waals surface area contributed by atoms with Gasteiger partial charge in [-0.15, -0.1) is 0 Å². The standard InChI is InChI=1S/C23H43N3O/c1-24-18-23(19-24)9-13-26(14-10-23)16-21-7-11-25(12-8-21)15-20-3-5-22(6-4-20)17-27-2/h20-22H,3-19H2,1-2H3/t20-,22-. The minimum absolute atomic E-state index is 0.705. The fraction of sp³-hybridized carbons (Fsp3) is 1.00. The van der Waals surface area contributed by atoms with Gasteiger partial charge in [0.1, 0.15) is 0 Å². The Bertz CT molecular complexity index is 439. The van der Waals surface area contributed by atoms with Gasteiger partial charge in [-0.1, -0.05) is 0 Å². The predicted molar refractivity (Wildman–Crippen MR) is 112 cm³/mol. The van der Waals surface area contributed by atoms with Gasteiger partial charge in [0, 0.05) is 39.9 Å². The summed E-state index contributed by atoms with van der Waals surface area (Å²) in [4.78, 5) is 8.07. The summed E-state index contributed by atoms with van der Waals surface area (Å²) in [6.07, 6.45) is 11.4. The lowest BCUT2D eigenvalue weighted by molar-refractivity contribution is -0.0355. The first-order valence-electron chi connectivity index (χ1n) is 11.8. The summed E-state index contributed by atoms with van der Waals surface area (Å²) in [5, 5.41) is 0. The molecule has 1 aliphatic carbocycles. The third kappa shape index (κ3) is 5.26. The second-order valence-corrected chi connectivity index (χ2v) is 10.6. The molecule has 156 valence electrons. The van der Waals surface area contributed by atoms with E-state index in [1.165, 1.54) is 104 Å². The van der Waals surface area contributed by atoms with Crippen molar-refractivity contribution in [3.05, 3.63) is 0 Å². The molecule has 0 unspecified atom stereocenters. The Morgan fingerprint density at radius 2 is 1.26 bits per heavy atom. The Morgan fingerprint density at radius 1 is 0.741 bits per heavy atom. The highest BCUT2D eigenvalue weighted by Gasteiger charge is 2.43. The van der Waals surface area contributed by atoms with Crippen LogP contribution in [0.1, 0.15) is 51.4 Å². The van der Waals surface area contributed by atoms with E-state index in [-0.39, 0.29) is 0 Å². The summed E-state index contributed by atoms with van der Waals surface area (Å²) in [5.41, 5.74) is 0.705. The van der Waals surface area contributed by atoms with E-state index in [1.54, 1.807) is 0 Å². The molecule has 4 nitrogen and oxygen atoms in total. The summed E-state index contributed by atoms with van der Waals surface area (Å²) in [5.74, 6) is 2.74. The highest BCUT2D eigenvalue weighted by atomic mass is 16.5. The highest BCUT2D eigenvalue weighted by molar-refractivity contribution is 4.97. The molecule has 4 rings (SSSR count). The average molecular weight is 378 g/mol. The van der Waals surface area contributed by atoms with E-state index in [9.17, 15) is 0 Å². The van der Waals surface area contributed by atoms with Crippen LogP contribution in [-0.4, -0.2) is 87.8 Å². The summed E-state index contributed by atoms with van der Waals surface area (Å²) >= 11 is 0. The van der Waals surface area contributed by atoms with Crippen LogP contribution in [0.2, 0.25) is 0 Å². The van der Waals surface area contributed by atoms with E-state index >= 15 is 0 Å². The number of piperidine rings is 2. The molecule has 1 saturated carbocycles. The van der Waals surface area contributed by atoms with Crippen molar-refractivity contribution in [3.8, 4) is 0 Å². The molecule has 3 saturated heterocycles. The normalized spacial score (nSPS) is 34.0. The minimum atomic E-state index is 0.705. The van der Waals surface area contributed by atoms with Crippen molar-refractivity contribution < 1.29 is 4.74 Å². The Kier molecular flexibility index (Phi) is 6.79. The monoisotopic (exact) mass is 377 g/mol. The molecule has 0 N–H and O–H groups in total. The van der Waals surface area contributed by atoms with Gasteiger partial charge in [0.15, 0.2) is 0 Å². The van der Waals surface area contributed by atoms with Gasteiger partial charge < -0.3 is 19.4 Å². The van der Waals surface area contributed by atoms with Gasteiger partial charge in [-0.05, 0) is 108 Å². The molecule has 27 heavy (non-hydrogen) atoms. The lowest BCUT2D eigenvalue weighted by atomic mass is 9.72. The molecule has 3 aliphatic heterocycles. The van der Waals surface area contributed by atoms with Crippen LogP contribution < -0.4 is 0 Å². The van der Waals surface area contributed by atoms with Crippen molar-refractivity contribution in [1.82, 2.24) is 14.7 Å². The molecule has 1 spiro atoms. The molecule has 4 aliphatic rings. The first-order chi connectivity index (χ1) is 13.1. The quantitative estimate of drug-likeness (QED) is 0.708. The van der Waals surface area contributed by atoms with Gasteiger partial charge in [0.25, 0.3) is 0 Å². The number of rotatable bonds is 6. The van der Waals surface area contributed by atoms with Crippen LogP contribution >= 0.6 is 0 Å². The van der Waals surface area contributed by atoms with E-state index in [0.29, 0.717) is 5.41 Å². The molecule has 4 fully saturated rings.